The number of halogens is 1. The lowest BCUT2D eigenvalue weighted by Gasteiger charge is -2.10. The third-order valence-corrected chi connectivity index (χ3v) is 3.40. The molecule has 1 unspecified atom stereocenters. The molecule has 0 saturated carbocycles. The van der Waals surface area contributed by atoms with Gasteiger partial charge in [0.25, 0.3) is 5.91 Å². The first-order valence-corrected chi connectivity index (χ1v) is 5.89. The van der Waals surface area contributed by atoms with Crippen LogP contribution in [-0.4, -0.2) is 34.7 Å². The van der Waals surface area contributed by atoms with Crippen molar-refractivity contribution in [3.63, 3.8) is 0 Å². The van der Waals surface area contributed by atoms with Crippen LogP contribution < -0.4 is 5.32 Å². The number of carboxylic acids is 1. The molecule has 1 aromatic heterocycles. The first kappa shape index (κ1) is 12.4. The van der Waals surface area contributed by atoms with Gasteiger partial charge in [0.05, 0.1) is 15.1 Å². The minimum absolute atomic E-state index is 0.407. The Kier molecular flexibility index (Phi) is 4.48. The Morgan fingerprint density at radius 2 is 2.27 bits per heavy atom. The molecule has 0 spiro atoms. The summed E-state index contributed by atoms with van der Waals surface area (Å²) in [6.07, 6.45) is 0. The molecule has 3 N–H and O–H groups in total. The van der Waals surface area contributed by atoms with Gasteiger partial charge in [-0.1, -0.05) is 0 Å². The predicted octanol–water partition coefficient (Wildman–Crippen LogP) is 0.528. The van der Waals surface area contributed by atoms with Gasteiger partial charge in [-0.15, -0.1) is 11.3 Å². The summed E-state index contributed by atoms with van der Waals surface area (Å²) in [6, 6.07) is 0.395. The zero-order chi connectivity index (χ0) is 11.4. The summed E-state index contributed by atoms with van der Waals surface area (Å²) in [5.41, 5.74) is 0.407. The van der Waals surface area contributed by atoms with Crippen molar-refractivity contribution in [3.8, 4) is 0 Å². The van der Waals surface area contributed by atoms with Crippen molar-refractivity contribution in [2.75, 3.05) is 6.61 Å². The highest BCUT2D eigenvalue weighted by Crippen LogP contribution is 2.16. The highest BCUT2D eigenvalue weighted by atomic mass is 127. The zero-order valence-corrected chi connectivity index (χ0v) is 10.4. The van der Waals surface area contributed by atoms with Crippen LogP contribution in [0, 0.1) is 2.88 Å². The molecule has 1 aromatic rings. The van der Waals surface area contributed by atoms with E-state index in [9.17, 15) is 9.59 Å². The van der Waals surface area contributed by atoms with Crippen LogP contribution in [0.4, 0.5) is 0 Å². The van der Waals surface area contributed by atoms with Gasteiger partial charge in [-0.25, -0.2) is 4.79 Å². The maximum atomic E-state index is 11.4. The number of amides is 1. The maximum absolute atomic E-state index is 11.4. The van der Waals surface area contributed by atoms with Crippen molar-refractivity contribution >= 4 is 45.8 Å². The molecule has 1 heterocycles. The van der Waals surface area contributed by atoms with Crippen molar-refractivity contribution < 1.29 is 19.8 Å². The highest BCUT2D eigenvalue weighted by molar-refractivity contribution is 14.1. The van der Waals surface area contributed by atoms with Crippen LogP contribution in [0.3, 0.4) is 0 Å². The lowest BCUT2D eigenvalue weighted by atomic mass is 10.2. The standard InChI is InChI=1S/C8H8INO4S/c9-6-1-4(3-15-6)7(12)10-5(2-11)8(13)14/h1,3,5,11H,2H2,(H,10,12)(H,13,14). The minimum Gasteiger partial charge on any atom is -0.480 e. The molecular weight excluding hydrogens is 333 g/mol. The van der Waals surface area contributed by atoms with Crippen molar-refractivity contribution in [2.45, 2.75) is 6.04 Å². The molecule has 5 nitrogen and oxygen atoms in total. The Morgan fingerprint density at radius 3 is 2.67 bits per heavy atom. The topological polar surface area (TPSA) is 86.6 Å². The van der Waals surface area contributed by atoms with Crippen molar-refractivity contribution in [1.82, 2.24) is 5.32 Å². The molecule has 0 aliphatic rings. The Labute approximate surface area is 103 Å². The molecule has 0 aromatic carbocycles. The average molecular weight is 341 g/mol. The van der Waals surface area contributed by atoms with E-state index in [1.165, 1.54) is 11.3 Å². The van der Waals surface area contributed by atoms with Gasteiger partial charge < -0.3 is 15.5 Å². The highest BCUT2D eigenvalue weighted by Gasteiger charge is 2.19. The minimum atomic E-state index is -1.25. The van der Waals surface area contributed by atoms with Crippen molar-refractivity contribution in [3.05, 3.63) is 19.9 Å². The van der Waals surface area contributed by atoms with Crippen LogP contribution >= 0.6 is 33.9 Å². The molecule has 0 aliphatic carbocycles. The van der Waals surface area contributed by atoms with E-state index in [4.69, 9.17) is 10.2 Å². The fourth-order valence-corrected chi connectivity index (χ4v) is 2.18. The lowest BCUT2D eigenvalue weighted by molar-refractivity contribution is -0.140. The number of aliphatic hydroxyl groups excluding tert-OH is 1. The molecule has 0 saturated heterocycles. The first-order chi connectivity index (χ1) is 7.04. The number of carbonyl (C=O) groups is 2. The second-order valence-corrected chi connectivity index (χ2v) is 5.49. The summed E-state index contributed by atoms with van der Waals surface area (Å²) in [4.78, 5) is 22.0. The van der Waals surface area contributed by atoms with E-state index in [1.54, 1.807) is 11.4 Å². The van der Waals surface area contributed by atoms with Crippen molar-refractivity contribution in [1.29, 1.82) is 0 Å². The van der Waals surface area contributed by atoms with E-state index in [1.807, 2.05) is 0 Å². The third kappa shape index (κ3) is 3.43. The Morgan fingerprint density at radius 1 is 1.60 bits per heavy atom. The maximum Gasteiger partial charge on any atom is 0.328 e. The van der Waals surface area contributed by atoms with E-state index >= 15 is 0 Å². The molecule has 7 heteroatoms. The molecule has 0 aliphatic heterocycles. The monoisotopic (exact) mass is 341 g/mol. The number of carbonyl (C=O) groups excluding carboxylic acids is 1. The first-order valence-electron chi connectivity index (χ1n) is 3.93. The number of carboxylic acid groups (broad SMARTS) is 1. The van der Waals surface area contributed by atoms with E-state index in [2.05, 4.69) is 27.9 Å². The normalized spacial score (nSPS) is 12.1. The summed E-state index contributed by atoms with van der Waals surface area (Å²) < 4.78 is 0.939. The van der Waals surface area contributed by atoms with Crippen LogP contribution in [0.1, 0.15) is 10.4 Å². The van der Waals surface area contributed by atoms with Crippen LogP contribution in [-0.2, 0) is 4.79 Å². The lowest BCUT2D eigenvalue weighted by Crippen LogP contribution is -2.43. The number of aliphatic hydroxyl groups is 1. The van der Waals surface area contributed by atoms with Gasteiger partial charge in [0.15, 0.2) is 6.04 Å². The van der Waals surface area contributed by atoms with Gasteiger partial charge in [-0.05, 0) is 28.7 Å². The largest absolute Gasteiger partial charge is 0.480 e. The molecule has 0 fully saturated rings. The van der Waals surface area contributed by atoms with Gasteiger partial charge in [-0.3, -0.25) is 4.79 Å². The van der Waals surface area contributed by atoms with Gasteiger partial charge in [0.1, 0.15) is 0 Å². The molecule has 0 radical (unpaired) electrons. The van der Waals surface area contributed by atoms with Crippen LogP contribution in [0.2, 0.25) is 0 Å². The summed E-state index contributed by atoms with van der Waals surface area (Å²) in [5.74, 6) is -1.74. The van der Waals surface area contributed by atoms with Gasteiger partial charge in [0.2, 0.25) is 0 Å². The fourth-order valence-electron chi connectivity index (χ4n) is 0.856. The molecule has 1 atom stereocenters. The van der Waals surface area contributed by atoms with E-state index < -0.39 is 24.5 Å². The molecule has 15 heavy (non-hydrogen) atoms. The van der Waals surface area contributed by atoms with Gasteiger partial charge in [-0.2, -0.15) is 0 Å². The Bertz CT molecular complexity index is 378. The number of hydrogen-bond acceptors (Lipinski definition) is 4. The number of rotatable bonds is 4. The fraction of sp³-hybridized carbons (Fsp3) is 0.250. The molecular formula is C8H8INO4S. The van der Waals surface area contributed by atoms with E-state index in [0.29, 0.717) is 5.56 Å². The third-order valence-electron chi connectivity index (χ3n) is 1.62. The van der Waals surface area contributed by atoms with Gasteiger partial charge >= 0.3 is 5.97 Å². The molecule has 0 bridgehead atoms. The second-order valence-electron chi connectivity index (χ2n) is 2.69. The SMILES string of the molecule is O=C(NC(CO)C(=O)O)c1csc(I)c1. The van der Waals surface area contributed by atoms with E-state index in [0.717, 1.165) is 2.88 Å². The summed E-state index contributed by atoms with van der Waals surface area (Å²) in [7, 11) is 0. The number of nitrogens with one attached hydrogen (secondary N) is 1. The summed E-state index contributed by atoms with van der Waals surface area (Å²) in [6.45, 7) is -0.623. The zero-order valence-electron chi connectivity index (χ0n) is 7.44. The van der Waals surface area contributed by atoms with Crippen molar-refractivity contribution in [2.24, 2.45) is 0 Å². The van der Waals surface area contributed by atoms with E-state index in [-0.39, 0.29) is 0 Å². The summed E-state index contributed by atoms with van der Waals surface area (Å²) >= 11 is 3.45. The smallest absolute Gasteiger partial charge is 0.328 e. The van der Waals surface area contributed by atoms with Gasteiger partial charge in [0, 0.05) is 5.38 Å². The molecule has 82 valence electrons. The average Bonchev–Trinajstić information content (AvgIpc) is 2.60. The van der Waals surface area contributed by atoms with Crippen LogP contribution in [0.25, 0.3) is 0 Å². The Balaban J connectivity index is 2.66. The quantitative estimate of drug-likeness (QED) is 0.698. The number of aliphatic carboxylic acids is 1. The Hall–Kier alpha value is -0.670. The summed E-state index contributed by atoms with van der Waals surface area (Å²) in [5, 5.41) is 21.1. The number of thiophene rings is 1. The van der Waals surface area contributed by atoms with Crippen LogP contribution in [0.5, 0.6) is 0 Å². The molecule has 1 rings (SSSR count). The molecule has 1 amide bonds. The second kappa shape index (κ2) is 5.42. The number of hydrogen-bond donors (Lipinski definition) is 3. The predicted molar refractivity (Wildman–Crippen MR) is 63.0 cm³/mol. The van der Waals surface area contributed by atoms with Crippen LogP contribution in [0.15, 0.2) is 11.4 Å².